The average Bonchev–Trinajstić information content (AvgIpc) is 3.07. The number of oxazole rings is 1. The van der Waals surface area contributed by atoms with Crippen LogP contribution in [0.3, 0.4) is 0 Å². The molecule has 2 rings (SSSR count). The van der Waals surface area contributed by atoms with E-state index in [-0.39, 0.29) is 0 Å². The van der Waals surface area contributed by atoms with Crippen LogP contribution in [0.1, 0.15) is 42.4 Å². The van der Waals surface area contributed by atoms with Gasteiger partial charge in [0.1, 0.15) is 12.3 Å². The first-order valence-electron chi connectivity index (χ1n) is 7.82. The van der Waals surface area contributed by atoms with E-state index in [0.717, 1.165) is 43.3 Å². The number of hydrogen-bond donors (Lipinski definition) is 2. The molecule has 0 saturated heterocycles. The Balaban J connectivity index is 1.79. The standard InChI is InChI=1S/C15H24N6O2/c1-5-16-15(18-9-14-19-10(2)11(3)22-14)17-8-6-7-13-20-12(4)21-23-13/h5-9H2,1-4H3,(H2,16,17,18). The molecule has 0 fully saturated rings. The molecule has 0 unspecified atom stereocenters. The minimum absolute atomic E-state index is 0.410. The molecule has 8 nitrogen and oxygen atoms in total. The normalized spacial score (nSPS) is 11.7. The first kappa shape index (κ1) is 17.0. The molecule has 0 aliphatic heterocycles. The zero-order valence-electron chi connectivity index (χ0n) is 14.1. The summed E-state index contributed by atoms with van der Waals surface area (Å²) in [6, 6.07) is 0. The van der Waals surface area contributed by atoms with Crippen molar-refractivity contribution in [3.05, 3.63) is 29.1 Å². The molecule has 2 aromatic rings. The van der Waals surface area contributed by atoms with Crippen molar-refractivity contribution < 1.29 is 8.94 Å². The molecule has 23 heavy (non-hydrogen) atoms. The Kier molecular flexibility index (Phi) is 6.13. The monoisotopic (exact) mass is 320 g/mol. The first-order valence-corrected chi connectivity index (χ1v) is 7.82. The van der Waals surface area contributed by atoms with Gasteiger partial charge < -0.3 is 19.6 Å². The van der Waals surface area contributed by atoms with Crippen molar-refractivity contribution in [2.24, 2.45) is 4.99 Å². The number of nitrogens with one attached hydrogen (secondary N) is 2. The van der Waals surface area contributed by atoms with Gasteiger partial charge in [-0.2, -0.15) is 4.98 Å². The Morgan fingerprint density at radius 2 is 1.96 bits per heavy atom. The van der Waals surface area contributed by atoms with Crippen LogP contribution < -0.4 is 10.6 Å². The van der Waals surface area contributed by atoms with Crippen LogP contribution in [0.2, 0.25) is 0 Å². The Labute approximate surface area is 135 Å². The second-order valence-corrected chi connectivity index (χ2v) is 5.21. The number of aliphatic imine (C=N–C) groups is 1. The molecule has 2 aromatic heterocycles. The van der Waals surface area contributed by atoms with Crippen molar-refractivity contribution >= 4 is 5.96 Å². The van der Waals surface area contributed by atoms with E-state index in [9.17, 15) is 0 Å². The smallest absolute Gasteiger partial charge is 0.226 e. The van der Waals surface area contributed by atoms with Crippen molar-refractivity contribution in [2.75, 3.05) is 13.1 Å². The lowest BCUT2D eigenvalue weighted by Crippen LogP contribution is -2.37. The molecule has 2 heterocycles. The highest BCUT2D eigenvalue weighted by Gasteiger charge is 2.06. The van der Waals surface area contributed by atoms with E-state index in [1.54, 1.807) is 0 Å². The van der Waals surface area contributed by atoms with Gasteiger partial charge in [0.15, 0.2) is 11.8 Å². The minimum Gasteiger partial charge on any atom is -0.444 e. The van der Waals surface area contributed by atoms with E-state index in [1.807, 2.05) is 27.7 Å². The van der Waals surface area contributed by atoms with Crippen molar-refractivity contribution in [3.8, 4) is 0 Å². The predicted molar refractivity (Wildman–Crippen MR) is 86.2 cm³/mol. The number of aryl methyl sites for hydroxylation is 4. The van der Waals surface area contributed by atoms with Crippen LogP contribution in [-0.2, 0) is 13.0 Å². The Bertz CT molecular complexity index is 627. The molecule has 2 N–H and O–H groups in total. The zero-order chi connectivity index (χ0) is 16.7. The molecule has 0 aromatic carbocycles. The van der Waals surface area contributed by atoms with E-state index in [1.165, 1.54) is 0 Å². The van der Waals surface area contributed by atoms with Gasteiger partial charge in [0.2, 0.25) is 11.8 Å². The summed E-state index contributed by atoms with van der Waals surface area (Å²) in [5, 5.41) is 10.2. The quantitative estimate of drug-likeness (QED) is 0.454. The molecule has 0 atom stereocenters. The maximum atomic E-state index is 5.53. The van der Waals surface area contributed by atoms with E-state index >= 15 is 0 Å². The van der Waals surface area contributed by atoms with Gasteiger partial charge in [-0.1, -0.05) is 5.16 Å². The molecule has 0 aliphatic carbocycles. The lowest BCUT2D eigenvalue weighted by Gasteiger charge is -2.10. The second-order valence-electron chi connectivity index (χ2n) is 5.21. The number of hydrogen-bond acceptors (Lipinski definition) is 6. The maximum absolute atomic E-state index is 5.53. The molecule has 8 heteroatoms. The molecule has 0 spiro atoms. The lowest BCUT2D eigenvalue weighted by atomic mass is 10.3. The summed E-state index contributed by atoms with van der Waals surface area (Å²) >= 11 is 0. The van der Waals surface area contributed by atoms with Crippen LogP contribution in [0.5, 0.6) is 0 Å². The van der Waals surface area contributed by atoms with E-state index in [4.69, 9.17) is 8.94 Å². The summed E-state index contributed by atoms with van der Waals surface area (Å²) in [7, 11) is 0. The largest absolute Gasteiger partial charge is 0.444 e. The molecule has 126 valence electrons. The molecule has 0 aliphatic rings. The lowest BCUT2D eigenvalue weighted by molar-refractivity contribution is 0.372. The van der Waals surface area contributed by atoms with Crippen LogP contribution >= 0.6 is 0 Å². The number of nitrogens with zero attached hydrogens (tertiary/aromatic N) is 4. The third kappa shape index (κ3) is 5.39. The van der Waals surface area contributed by atoms with E-state index in [0.29, 0.717) is 24.2 Å². The van der Waals surface area contributed by atoms with Crippen LogP contribution in [-0.4, -0.2) is 34.2 Å². The summed E-state index contributed by atoms with van der Waals surface area (Å²) in [5.41, 5.74) is 0.906. The number of rotatable bonds is 7. The summed E-state index contributed by atoms with van der Waals surface area (Å²) < 4.78 is 10.6. The number of guanidine groups is 1. The van der Waals surface area contributed by atoms with Crippen LogP contribution in [0, 0.1) is 20.8 Å². The second kappa shape index (κ2) is 8.30. The van der Waals surface area contributed by atoms with Crippen molar-refractivity contribution in [1.82, 2.24) is 25.8 Å². The summed E-state index contributed by atoms with van der Waals surface area (Å²) in [4.78, 5) is 13.0. The molecular formula is C15H24N6O2. The number of aromatic nitrogens is 3. The fraction of sp³-hybridized carbons (Fsp3) is 0.600. The molecule has 0 saturated carbocycles. The zero-order valence-corrected chi connectivity index (χ0v) is 14.1. The molecule has 0 radical (unpaired) electrons. The van der Waals surface area contributed by atoms with Gasteiger partial charge in [0, 0.05) is 19.5 Å². The van der Waals surface area contributed by atoms with Gasteiger partial charge in [0.25, 0.3) is 0 Å². The average molecular weight is 320 g/mol. The van der Waals surface area contributed by atoms with Gasteiger partial charge in [-0.05, 0) is 34.1 Å². The molecule has 0 amide bonds. The van der Waals surface area contributed by atoms with Crippen molar-refractivity contribution in [1.29, 1.82) is 0 Å². The third-order valence-electron chi connectivity index (χ3n) is 3.22. The van der Waals surface area contributed by atoms with Gasteiger partial charge in [0.05, 0.1) is 5.69 Å². The summed E-state index contributed by atoms with van der Waals surface area (Å²) in [5.74, 6) is 3.53. The summed E-state index contributed by atoms with van der Waals surface area (Å²) in [6.45, 7) is 9.63. The van der Waals surface area contributed by atoms with Gasteiger partial charge in [-0.25, -0.2) is 9.98 Å². The maximum Gasteiger partial charge on any atom is 0.226 e. The van der Waals surface area contributed by atoms with Crippen molar-refractivity contribution in [3.63, 3.8) is 0 Å². The Morgan fingerprint density at radius 3 is 2.57 bits per heavy atom. The topological polar surface area (TPSA) is 101 Å². The summed E-state index contributed by atoms with van der Waals surface area (Å²) in [6.07, 6.45) is 1.62. The highest BCUT2D eigenvalue weighted by molar-refractivity contribution is 5.79. The fourth-order valence-electron chi connectivity index (χ4n) is 1.98. The van der Waals surface area contributed by atoms with E-state index in [2.05, 4.69) is 30.8 Å². The van der Waals surface area contributed by atoms with Crippen LogP contribution in [0.15, 0.2) is 13.9 Å². The van der Waals surface area contributed by atoms with Crippen LogP contribution in [0.25, 0.3) is 0 Å². The van der Waals surface area contributed by atoms with Crippen LogP contribution in [0.4, 0.5) is 0 Å². The molecular weight excluding hydrogens is 296 g/mol. The Morgan fingerprint density at radius 1 is 1.13 bits per heavy atom. The fourth-order valence-corrected chi connectivity index (χ4v) is 1.98. The van der Waals surface area contributed by atoms with Gasteiger partial charge >= 0.3 is 0 Å². The van der Waals surface area contributed by atoms with E-state index < -0.39 is 0 Å². The SMILES string of the molecule is CCNC(=NCc1nc(C)c(C)o1)NCCCc1nc(C)no1. The van der Waals surface area contributed by atoms with Gasteiger partial charge in [-0.15, -0.1) is 0 Å². The third-order valence-corrected chi connectivity index (χ3v) is 3.22. The van der Waals surface area contributed by atoms with Gasteiger partial charge in [-0.3, -0.25) is 0 Å². The minimum atomic E-state index is 0.410. The highest BCUT2D eigenvalue weighted by Crippen LogP contribution is 2.08. The Hall–Kier alpha value is -2.38. The predicted octanol–water partition coefficient (Wildman–Crippen LogP) is 1.67. The highest BCUT2D eigenvalue weighted by atomic mass is 16.5. The molecule has 0 bridgehead atoms. The first-order chi connectivity index (χ1) is 11.1. The van der Waals surface area contributed by atoms with Crippen molar-refractivity contribution in [2.45, 2.75) is 47.1 Å².